The molecular weight excluding hydrogens is 507 g/mol. The van der Waals surface area contributed by atoms with E-state index in [9.17, 15) is 9.59 Å². The van der Waals surface area contributed by atoms with Crippen molar-refractivity contribution in [1.82, 2.24) is 19.4 Å². The Morgan fingerprint density at radius 3 is 2.41 bits per heavy atom. The summed E-state index contributed by atoms with van der Waals surface area (Å²) in [5.41, 5.74) is 3.53. The molecule has 3 aromatic carbocycles. The van der Waals surface area contributed by atoms with Crippen molar-refractivity contribution in [1.29, 1.82) is 0 Å². The van der Waals surface area contributed by atoms with Crippen LogP contribution in [0.5, 0.6) is 0 Å². The minimum atomic E-state index is -0.544. The molecule has 1 aromatic heterocycles. The van der Waals surface area contributed by atoms with Crippen molar-refractivity contribution in [2.24, 2.45) is 0 Å². The molecule has 0 saturated carbocycles. The standard InChI is InChI=1S/C29H30Cl2N4O2/c1-18-10-13-26(19(2)16-18)35-27(32-25-9-7-6-8-23(25)29(35)37)20(3)34(15-14-33(4)5)28(36)22-12-11-21(30)17-24(22)31/h6-13,16-17,20H,14-15H2,1-5H3. The maximum atomic E-state index is 13.9. The molecule has 0 bridgehead atoms. The molecule has 0 N–H and O–H groups in total. The van der Waals surface area contributed by atoms with Gasteiger partial charge in [-0.2, -0.15) is 0 Å². The summed E-state index contributed by atoms with van der Waals surface area (Å²) in [6.45, 7) is 6.90. The number of carbonyl (C=O) groups excluding carboxylic acids is 1. The van der Waals surface area contributed by atoms with Crippen LogP contribution in [0.1, 0.15) is 40.3 Å². The Kier molecular flexibility index (Phi) is 8.02. The number of para-hydroxylation sites is 1. The second kappa shape index (κ2) is 11.1. The lowest BCUT2D eigenvalue weighted by molar-refractivity contribution is 0.0667. The van der Waals surface area contributed by atoms with Gasteiger partial charge in [-0.1, -0.05) is 53.0 Å². The van der Waals surface area contributed by atoms with E-state index in [4.69, 9.17) is 28.2 Å². The average Bonchev–Trinajstić information content (AvgIpc) is 2.84. The van der Waals surface area contributed by atoms with E-state index in [-0.39, 0.29) is 16.5 Å². The molecule has 0 spiro atoms. The third-order valence-electron chi connectivity index (χ3n) is 6.45. The van der Waals surface area contributed by atoms with E-state index in [0.29, 0.717) is 40.4 Å². The Morgan fingerprint density at radius 2 is 1.73 bits per heavy atom. The molecule has 0 aliphatic heterocycles. The first kappa shape index (κ1) is 26.9. The highest BCUT2D eigenvalue weighted by Gasteiger charge is 2.29. The molecule has 0 aliphatic rings. The maximum absolute atomic E-state index is 13.9. The molecule has 8 heteroatoms. The minimum absolute atomic E-state index is 0.177. The Balaban J connectivity index is 1.93. The largest absolute Gasteiger partial charge is 0.327 e. The van der Waals surface area contributed by atoms with Gasteiger partial charge in [-0.3, -0.25) is 14.2 Å². The first-order valence-electron chi connectivity index (χ1n) is 12.1. The molecule has 0 aliphatic carbocycles. The van der Waals surface area contributed by atoms with Gasteiger partial charge >= 0.3 is 0 Å². The Morgan fingerprint density at radius 1 is 1.00 bits per heavy atom. The van der Waals surface area contributed by atoms with Crippen molar-refractivity contribution in [2.45, 2.75) is 26.8 Å². The number of rotatable bonds is 7. The molecule has 0 fully saturated rings. The zero-order valence-electron chi connectivity index (χ0n) is 21.6. The zero-order chi connectivity index (χ0) is 26.9. The summed E-state index contributed by atoms with van der Waals surface area (Å²) in [6, 6.07) is 17.5. The molecule has 0 saturated heterocycles. The normalized spacial score (nSPS) is 12.2. The van der Waals surface area contributed by atoms with Crippen LogP contribution in [-0.2, 0) is 0 Å². The molecule has 37 heavy (non-hydrogen) atoms. The number of carbonyl (C=O) groups is 1. The summed E-state index contributed by atoms with van der Waals surface area (Å²) in [5, 5.41) is 1.25. The van der Waals surface area contributed by atoms with Crippen molar-refractivity contribution in [3.8, 4) is 5.69 Å². The van der Waals surface area contributed by atoms with E-state index in [1.54, 1.807) is 33.7 Å². The number of likely N-dealkylation sites (N-methyl/N-ethyl adjacent to an activating group) is 1. The van der Waals surface area contributed by atoms with Crippen LogP contribution in [0.2, 0.25) is 10.0 Å². The van der Waals surface area contributed by atoms with Crippen LogP contribution in [0, 0.1) is 13.8 Å². The van der Waals surface area contributed by atoms with Crippen molar-refractivity contribution >= 4 is 40.0 Å². The third kappa shape index (κ3) is 5.57. The SMILES string of the molecule is Cc1ccc(-n2c(C(C)N(CCN(C)C)C(=O)c3ccc(Cl)cc3Cl)nc3ccccc3c2=O)c(C)c1. The fraction of sp³-hybridized carbons (Fsp3) is 0.276. The molecule has 1 atom stereocenters. The monoisotopic (exact) mass is 536 g/mol. The quantitative estimate of drug-likeness (QED) is 0.287. The number of aryl methyl sites for hydroxylation is 2. The number of hydrogen-bond donors (Lipinski definition) is 0. The van der Waals surface area contributed by atoms with E-state index < -0.39 is 6.04 Å². The van der Waals surface area contributed by atoms with Crippen LogP contribution in [0.3, 0.4) is 0 Å². The van der Waals surface area contributed by atoms with Gasteiger partial charge in [0.05, 0.1) is 33.2 Å². The summed E-state index contributed by atoms with van der Waals surface area (Å²) < 4.78 is 1.64. The van der Waals surface area contributed by atoms with Crippen molar-refractivity contribution in [3.63, 3.8) is 0 Å². The van der Waals surface area contributed by atoms with E-state index >= 15 is 0 Å². The van der Waals surface area contributed by atoms with Gasteiger partial charge in [0.15, 0.2) is 0 Å². The number of amides is 1. The smallest absolute Gasteiger partial charge is 0.266 e. The molecular formula is C29H30Cl2N4O2. The van der Waals surface area contributed by atoms with Crippen molar-refractivity contribution < 1.29 is 4.79 Å². The Labute approximate surface area is 227 Å². The van der Waals surface area contributed by atoms with Crippen LogP contribution < -0.4 is 5.56 Å². The lowest BCUT2D eigenvalue weighted by Gasteiger charge is -2.32. The molecule has 0 radical (unpaired) electrons. The van der Waals surface area contributed by atoms with E-state index in [2.05, 4.69) is 0 Å². The minimum Gasteiger partial charge on any atom is -0.327 e. The van der Waals surface area contributed by atoms with Crippen LogP contribution in [0.25, 0.3) is 16.6 Å². The average molecular weight is 537 g/mol. The highest BCUT2D eigenvalue weighted by molar-refractivity contribution is 6.36. The molecule has 1 amide bonds. The summed E-state index contributed by atoms with van der Waals surface area (Å²) in [5.74, 6) is 0.221. The molecule has 4 aromatic rings. The van der Waals surface area contributed by atoms with E-state index in [1.807, 2.05) is 76.2 Å². The molecule has 1 unspecified atom stereocenters. The molecule has 1 heterocycles. The van der Waals surface area contributed by atoms with Crippen LogP contribution in [-0.4, -0.2) is 52.4 Å². The highest BCUT2D eigenvalue weighted by atomic mass is 35.5. The zero-order valence-corrected chi connectivity index (χ0v) is 23.1. The fourth-order valence-corrected chi connectivity index (χ4v) is 4.94. The number of aromatic nitrogens is 2. The second-order valence-corrected chi connectivity index (χ2v) is 10.4. The fourth-order valence-electron chi connectivity index (χ4n) is 4.46. The van der Waals surface area contributed by atoms with Gasteiger partial charge in [-0.15, -0.1) is 0 Å². The second-order valence-electron chi connectivity index (χ2n) is 9.52. The predicted octanol–water partition coefficient (Wildman–Crippen LogP) is 6.07. The first-order valence-corrected chi connectivity index (χ1v) is 12.8. The lowest BCUT2D eigenvalue weighted by atomic mass is 10.1. The van der Waals surface area contributed by atoms with Gasteiger partial charge in [-0.05, 0) is 76.8 Å². The molecule has 192 valence electrons. The summed E-state index contributed by atoms with van der Waals surface area (Å²) >= 11 is 12.5. The number of hydrogen-bond acceptors (Lipinski definition) is 4. The van der Waals surface area contributed by atoms with E-state index in [0.717, 1.165) is 16.8 Å². The highest BCUT2D eigenvalue weighted by Crippen LogP contribution is 2.28. The van der Waals surface area contributed by atoms with Crippen molar-refractivity contribution in [2.75, 3.05) is 27.2 Å². The molecule has 6 nitrogen and oxygen atoms in total. The Bertz CT molecular complexity index is 1530. The number of fused-ring (bicyclic) bond motifs is 1. The van der Waals surface area contributed by atoms with Gasteiger partial charge in [0, 0.05) is 18.1 Å². The Hall–Kier alpha value is -3.19. The van der Waals surface area contributed by atoms with Gasteiger partial charge in [-0.25, -0.2) is 4.98 Å². The van der Waals surface area contributed by atoms with Crippen LogP contribution >= 0.6 is 23.2 Å². The number of halogens is 2. The van der Waals surface area contributed by atoms with E-state index in [1.165, 1.54) is 0 Å². The lowest BCUT2D eigenvalue weighted by Crippen LogP contribution is -2.41. The predicted molar refractivity (Wildman–Crippen MR) is 151 cm³/mol. The van der Waals surface area contributed by atoms with Gasteiger partial charge in [0.2, 0.25) is 0 Å². The van der Waals surface area contributed by atoms with Crippen LogP contribution in [0.4, 0.5) is 0 Å². The van der Waals surface area contributed by atoms with Crippen LogP contribution in [0.15, 0.2) is 65.5 Å². The summed E-state index contributed by atoms with van der Waals surface area (Å²) in [7, 11) is 3.89. The molecule has 4 rings (SSSR count). The first-order chi connectivity index (χ1) is 17.6. The maximum Gasteiger partial charge on any atom is 0.266 e. The summed E-state index contributed by atoms with van der Waals surface area (Å²) in [4.78, 5) is 36.4. The topological polar surface area (TPSA) is 58.4 Å². The van der Waals surface area contributed by atoms with Crippen molar-refractivity contribution in [3.05, 3.63) is 104 Å². The van der Waals surface area contributed by atoms with Gasteiger partial charge in [0.25, 0.3) is 11.5 Å². The van der Waals surface area contributed by atoms with Gasteiger partial charge in [0.1, 0.15) is 5.82 Å². The summed E-state index contributed by atoms with van der Waals surface area (Å²) in [6.07, 6.45) is 0. The third-order valence-corrected chi connectivity index (χ3v) is 6.99. The number of nitrogens with zero attached hydrogens (tertiary/aromatic N) is 4. The van der Waals surface area contributed by atoms with Gasteiger partial charge < -0.3 is 9.80 Å². The number of benzene rings is 3.